The molecule has 0 bridgehead atoms. The Bertz CT molecular complexity index is 1780. The second-order valence-corrected chi connectivity index (χ2v) is 13.7. The van der Waals surface area contributed by atoms with Crippen molar-refractivity contribution >= 4 is 44.9 Å². The first kappa shape index (κ1) is 30.1. The van der Waals surface area contributed by atoms with Crippen LogP contribution in [-0.2, 0) is 19.4 Å². The fourth-order valence-corrected chi connectivity index (χ4v) is 7.44. The van der Waals surface area contributed by atoms with Crippen LogP contribution in [0.1, 0.15) is 59.5 Å². The molecule has 1 atom stereocenters. The Kier molecular flexibility index (Phi) is 8.60. The summed E-state index contributed by atoms with van der Waals surface area (Å²) < 4.78 is 7.58. The zero-order chi connectivity index (χ0) is 30.8. The van der Waals surface area contributed by atoms with Crippen molar-refractivity contribution in [3.63, 3.8) is 0 Å². The van der Waals surface area contributed by atoms with E-state index < -0.39 is 0 Å². The minimum absolute atomic E-state index is 0.256. The molecule has 44 heavy (non-hydrogen) atoms. The molecule has 1 amide bonds. The number of hydrogen-bond donors (Lipinski definition) is 2. The molecule has 10 heteroatoms. The largest absolute Gasteiger partial charge is 0.486 e. The Morgan fingerprint density at radius 2 is 1.80 bits per heavy atom. The van der Waals surface area contributed by atoms with Crippen LogP contribution in [0.3, 0.4) is 0 Å². The van der Waals surface area contributed by atoms with Gasteiger partial charge < -0.3 is 15.4 Å². The van der Waals surface area contributed by atoms with Gasteiger partial charge in [-0.25, -0.2) is 14.6 Å². The van der Waals surface area contributed by atoms with Crippen molar-refractivity contribution in [1.29, 1.82) is 0 Å². The SMILES string of the molecule is Cc1nn(-c2ccccc2)c(Cl)c1C(=O)NCCNc1nc(COc2ccccc2)nc2sc3c(c12)CC[C@@H](C(C)(C)C)C3. The number of halogens is 1. The van der Waals surface area contributed by atoms with Crippen LogP contribution >= 0.6 is 22.9 Å². The van der Waals surface area contributed by atoms with Gasteiger partial charge in [-0.05, 0) is 67.3 Å². The van der Waals surface area contributed by atoms with E-state index in [1.165, 1.54) is 10.4 Å². The number of carbonyl (C=O) groups is 1. The second-order valence-electron chi connectivity index (χ2n) is 12.3. The molecular formula is C34H37ClN6O2S. The lowest BCUT2D eigenvalue weighted by molar-refractivity contribution is 0.0954. The number of nitrogens with zero attached hydrogens (tertiary/aromatic N) is 4. The number of carbonyl (C=O) groups excluding carboxylic acids is 1. The highest BCUT2D eigenvalue weighted by molar-refractivity contribution is 7.19. The molecule has 0 saturated carbocycles. The van der Waals surface area contributed by atoms with Gasteiger partial charge in [0, 0.05) is 18.0 Å². The molecule has 0 unspecified atom stereocenters. The molecule has 0 aliphatic heterocycles. The first-order chi connectivity index (χ1) is 21.2. The molecule has 0 saturated heterocycles. The van der Waals surface area contributed by atoms with Crippen LogP contribution in [-0.4, -0.2) is 38.7 Å². The third-order valence-electron chi connectivity index (χ3n) is 8.23. The van der Waals surface area contributed by atoms with Gasteiger partial charge in [0.25, 0.3) is 5.91 Å². The van der Waals surface area contributed by atoms with Crippen molar-refractivity contribution < 1.29 is 9.53 Å². The third kappa shape index (κ3) is 6.30. The van der Waals surface area contributed by atoms with E-state index in [0.717, 1.165) is 46.7 Å². The number of nitrogens with one attached hydrogen (secondary N) is 2. The quantitative estimate of drug-likeness (QED) is 0.165. The smallest absolute Gasteiger partial charge is 0.256 e. The summed E-state index contributed by atoms with van der Waals surface area (Å²) in [7, 11) is 0. The highest BCUT2D eigenvalue weighted by Crippen LogP contribution is 2.44. The summed E-state index contributed by atoms with van der Waals surface area (Å²) >= 11 is 8.39. The number of hydrogen-bond acceptors (Lipinski definition) is 7. The molecule has 8 nitrogen and oxygen atoms in total. The fourth-order valence-electron chi connectivity index (χ4n) is 5.76. The average molecular weight is 629 g/mol. The van der Waals surface area contributed by atoms with Crippen molar-refractivity contribution in [2.24, 2.45) is 11.3 Å². The van der Waals surface area contributed by atoms with Crippen molar-refractivity contribution in [3.8, 4) is 11.4 Å². The maximum Gasteiger partial charge on any atom is 0.256 e. The van der Waals surface area contributed by atoms with Crippen LogP contribution in [0.15, 0.2) is 60.7 Å². The number of anilines is 1. The topological polar surface area (TPSA) is 94.0 Å². The zero-order valence-electron chi connectivity index (χ0n) is 25.5. The van der Waals surface area contributed by atoms with Gasteiger partial charge in [0.1, 0.15) is 28.2 Å². The summed E-state index contributed by atoms with van der Waals surface area (Å²) in [5, 5.41) is 12.4. The lowest BCUT2D eigenvalue weighted by Crippen LogP contribution is -2.29. The molecule has 0 radical (unpaired) electrons. The first-order valence-corrected chi connectivity index (χ1v) is 16.2. The molecule has 0 spiro atoms. The van der Waals surface area contributed by atoms with Gasteiger partial charge in [-0.1, -0.05) is 68.8 Å². The van der Waals surface area contributed by atoms with E-state index in [-0.39, 0.29) is 23.1 Å². The van der Waals surface area contributed by atoms with E-state index in [1.807, 2.05) is 60.7 Å². The van der Waals surface area contributed by atoms with Crippen LogP contribution in [0.4, 0.5) is 5.82 Å². The van der Waals surface area contributed by atoms with Gasteiger partial charge in [-0.15, -0.1) is 11.3 Å². The summed E-state index contributed by atoms with van der Waals surface area (Å²) in [6, 6.07) is 19.2. The van der Waals surface area contributed by atoms with E-state index in [0.29, 0.717) is 36.1 Å². The molecule has 6 rings (SSSR count). The number of para-hydroxylation sites is 2. The van der Waals surface area contributed by atoms with Crippen molar-refractivity contribution in [1.82, 2.24) is 25.1 Å². The predicted octanol–water partition coefficient (Wildman–Crippen LogP) is 7.41. The number of ether oxygens (including phenoxy) is 1. The fraction of sp³-hybridized carbons (Fsp3) is 0.353. The van der Waals surface area contributed by atoms with E-state index in [1.54, 1.807) is 22.9 Å². The molecule has 228 valence electrons. The first-order valence-electron chi connectivity index (χ1n) is 15.0. The van der Waals surface area contributed by atoms with Gasteiger partial charge in [-0.2, -0.15) is 5.10 Å². The molecule has 3 aromatic heterocycles. The lowest BCUT2D eigenvalue weighted by Gasteiger charge is -2.33. The monoisotopic (exact) mass is 628 g/mol. The van der Waals surface area contributed by atoms with Gasteiger partial charge in [0.05, 0.1) is 22.3 Å². The third-order valence-corrected chi connectivity index (χ3v) is 9.72. The van der Waals surface area contributed by atoms with E-state index in [9.17, 15) is 4.79 Å². The average Bonchev–Trinajstić information content (AvgIpc) is 3.54. The maximum absolute atomic E-state index is 13.2. The molecule has 1 aliphatic rings. The highest BCUT2D eigenvalue weighted by Gasteiger charge is 2.32. The zero-order valence-corrected chi connectivity index (χ0v) is 27.1. The van der Waals surface area contributed by atoms with Gasteiger partial charge in [0.2, 0.25) is 0 Å². The number of rotatable bonds is 9. The molecular weight excluding hydrogens is 592 g/mol. The van der Waals surface area contributed by atoms with Gasteiger partial charge in [-0.3, -0.25) is 4.79 Å². The van der Waals surface area contributed by atoms with Crippen LogP contribution in [0.5, 0.6) is 5.75 Å². The van der Waals surface area contributed by atoms with E-state index >= 15 is 0 Å². The summed E-state index contributed by atoms with van der Waals surface area (Å²) in [5.74, 6) is 2.55. The molecule has 2 aromatic carbocycles. The predicted molar refractivity (Wildman–Crippen MR) is 177 cm³/mol. The Hall–Kier alpha value is -3.95. The standard InChI is InChI=1S/C34H37ClN6O2S/c1-21-28(30(35)41(40-21)23-11-7-5-8-12-23)32(42)37-18-17-36-31-29-25-16-15-22(34(2,3)4)19-26(25)44-33(29)39-27(38-31)20-43-24-13-9-6-10-14-24/h5-14,22H,15-20H2,1-4H3,(H,37,42)(H,36,38,39)/t22-/m1/s1. The number of aromatic nitrogens is 4. The number of fused-ring (bicyclic) bond motifs is 3. The minimum atomic E-state index is -0.262. The van der Waals surface area contributed by atoms with Crippen LogP contribution in [0.2, 0.25) is 5.15 Å². The number of benzene rings is 2. The van der Waals surface area contributed by atoms with Crippen molar-refractivity contribution in [2.75, 3.05) is 18.4 Å². The van der Waals surface area contributed by atoms with Gasteiger partial charge in [0.15, 0.2) is 5.82 Å². The molecule has 1 aliphatic carbocycles. The summed E-state index contributed by atoms with van der Waals surface area (Å²) in [4.78, 5) is 25.4. The van der Waals surface area contributed by atoms with E-state index in [2.05, 4.69) is 36.5 Å². The summed E-state index contributed by atoms with van der Waals surface area (Å²) in [6.07, 6.45) is 3.21. The lowest BCUT2D eigenvalue weighted by atomic mass is 9.72. The van der Waals surface area contributed by atoms with Crippen LogP contribution < -0.4 is 15.4 Å². The summed E-state index contributed by atoms with van der Waals surface area (Å²) in [5.41, 5.74) is 3.35. The Morgan fingerprint density at radius 1 is 1.07 bits per heavy atom. The normalized spacial score (nSPS) is 14.8. The number of amides is 1. The molecule has 3 heterocycles. The molecule has 0 fully saturated rings. The second kappa shape index (κ2) is 12.6. The molecule has 2 N–H and O–H groups in total. The summed E-state index contributed by atoms with van der Waals surface area (Å²) in [6.45, 7) is 9.91. The Labute approximate surface area is 266 Å². The highest BCUT2D eigenvalue weighted by atomic mass is 35.5. The number of thiophene rings is 1. The van der Waals surface area contributed by atoms with E-state index in [4.69, 9.17) is 26.3 Å². The number of aryl methyl sites for hydroxylation is 2. The van der Waals surface area contributed by atoms with Gasteiger partial charge >= 0.3 is 0 Å². The van der Waals surface area contributed by atoms with Crippen LogP contribution in [0.25, 0.3) is 15.9 Å². The molecule has 5 aromatic rings. The van der Waals surface area contributed by atoms with Crippen LogP contribution in [0, 0.1) is 18.3 Å². The Balaban J connectivity index is 1.20. The van der Waals surface area contributed by atoms with Crippen molar-refractivity contribution in [2.45, 2.75) is 53.6 Å². The van der Waals surface area contributed by atoms with Crippen molar-refractivity contribution in [3.05, 3.63) is 93.3 Å². The Morgan fingerprint density at radius 3 is 2.52 bits per heavy atom. The maximum atomic E-state index is 13.2. The minimum Gasteiger partial charge on any atom is -0.486 e.